The zero-order valence-corrected chi connectivity index (χ0v) is 19.7. The molecule has 0 radical (unpaired) electrons. The van der Waals surface area contributed by atoms with Crippen molar-refractivity contribution in [3.05, 3.63) is 53.1 Å². The van der Waals surface area contributed by atoms with Gasteiger partial charge in [0.15, 0.2) is 5.82 Å². The van der Waals surface area contributed by atoms with Crippen molar-refractivity contribution in [1.29, 1.82) is 0 Å². The summed E-state index contributed by atoms with van der Waals surface area (Å²) in [4.78, 5) is 17.0. The molecule has 32 heavy (non-hydrogen) atoms. The normalized spacial score (nSPS) is 14.6. The van der Waals surface area contributed by atoms with Crippen LogP contribution in [0.3, 0.4) is 0 Å². The van der Waals surface area contributed by atoms with Crippen molar-refractivity contribution in [3.8, 4) is 11.4 Å². The third-order valence-electron chi connectivity index (χ3n) is 5.04. The number of anilines is 1. The molecule has 11 heteroatoms. The number of hydrogen-bond acceptors (Lipinski definition) is 6. The first-order chi connectivity index (χ1) is 15.3. The molecule has 4 rings (SSSR count). The van der Waals surface area contributed by atoms with Gasteiger partial charge in [0.05, 0.1) is 21.4 Å². The Bertz CT molecular complexity index is 1220. The predicted octanol–water partition coefficient (Wildman–Crippen LogP) is 3.95. The van der Waals surface area contributed by atoms with E-state index in [-0.39, 0.29) is 27.3 Å². The van der Waals surface area contributed by atoms with E-state index in [0.29, 0.717) is 24.1 Å². The van der Waals surface area contributed by atoms with Gasteiger partial charge < -0.3 is 5.32 Å². The highest BCUT2D eigenvalue weighted by Gasteiger charge is 2.27. The first kappa shape index (κ1) is 22.8. The van der Waals surface area contributed by atoms with E-state index < -0.39 is 10.0 Å². The topological polar surface area (TPSA) is 108 Å². The van der Waals surface area contributed by atoms with Crippen LogP contribution in [0, 0.1) is 6.92 Å². The molecule has 1 amide bonds. The number of carbonyl (C=O) groups is 1. The lowest BCUT2D eigenvalue weighted by Gasteiger charge is -2.16. The zero-order chi connectivity index (χ0) is 22.7. The quantitative estimate of drug-likeness (QED) is 0.484. The Kier molecular flexibility index (Phi) is 6.85. The lowest BCUT2D eigenvalue weighted by Crippen LogP contribution is -2.28. The minimum absolute atomic E-state index is 0.0463. The Labute approximate surface area is 195 Å². The molecular weight excluding hydrogens is 470 g/mol. The summed E-state index contributed by atoms with van der Waals surface area (Å²) >= 11 is 7.36. The van der Waals surface area contributed by atoms with E-state index in [1.54, 1.807) is 0 Å². The van der Waals surface area contributed by atoms with Gasteiger partial charge in [0.1, 0.15) is 0 Å². The zero-order valence-electron chi connectivity index (χ0n) is 17.3. The van der Waals surface area contributed by atoms with Gasteiger partial charge in [-0.25, -0.2) is 13.4 Å². The highest BCUT2D eigenvalue weighted by molar-refractivity contribution is 7.99. The van der Waals surface area contributed by atoms with Gasteiger partial charge in [0, 0.05) is 18.7 Å². The van der Waals surface area contributed by atoms with Crippen molar-refractivity contribution in [2.45, 2.75) is 29.8 Å². The third kappa shape index (κ3) is 5.15. The second-order valence-electron chi connectivity index (χ2n) is 7.42. The number of sulfonamides is 1. The van der Waals surface area contributed by atoms with Crippen LogP contribution < -0.4 is 5.32 Å². The van der Waals surface area contributed by atoms with E-state index in [1.807, 2.05) is 31.2 Å². The fraction of sp³-hybridized carbons (Fsp3) is 0.286. The standard InChI is InChI=1S/C21H22ClN5O3S2/c1-14-4-6-15(7-5-14)20-24-21(26-25-20)31-13-19(28)23-18-12-16(8-9-17(18)22)32(29,30)27-10-2-3-11-27/h4-9,12H,2-3,10-11,13H2,1H3,(H,23,28)(H,24,25,26). The molecule has 2 heterocycles. The average Bonchev–Trinajstić information content (AvgIpc) is 3.47. The molecule has 1 aromatic heterocycles. The van der Waals surface area contributed by atoms with Gasteiger partial charge in [0.2, 0.25) is 21.1 Å². The van der Waals surface area contributed by atoms with E-state index in [1.165, 1.54) is 34.3 Å². The minimum atomic E-state index is -3.60. The van der Waals surface area contributed by atoms with Crippen LogP contribution in [-0.4, -0.2) is 52.7 Å². The molecule has 0 atom stereocenters. The lowest BCUT2D eigenvalue weighted by atomic mass is 10.1. The summed E-state index contributed by atoms with van der Waals surface area (Å²) in [5.74, 6) is 0.329. The van der Waals surface area contributed by atoms with Crippen molar-refractivity contribution in [2.24, 2.45) is 0 Å². The van der Waals surface area contributed by atoms with Gasteiger partial charge >= 0.3 is 0 Å². The number of aromatic nitrogens is 3. The molecule has 1 aliphatic heterocycles. The maximum absolute atomic E-state index is 12.8. The molecule has 0 unspecified atom stereocenters. The fourth-order valence-electron chi connectivity index (χ4n) is 3.31. The molecule has 0 aliphatic carbocycles. The van der Waals surface area contributed by atoms with Crippen LogP contribution in [0.1, 0.15) is 18.4 Å². The summed E-state index contributed by atoms with van der Waals surface area (Å²) in [7, 11) is -3.60. The number of nitrogens with one attached hydrogen (secondary N) is 2. The number of benzene rings is 2. The van der Waals surface area contributed by atoms with Gasteiger partial charge in [-0.15, -0.1) is 5.10 Å². The number of aromatic amines is 1. The van der Waals surface area contributed by atoms with Crippen molar-refractivity contribution < 1.29 is 13.2 Å². The summed E-state index contributed by atoms with van der Waals surface area (Å²) in [6, 6.07) is 12.2. The molecular formula is C21H22ClN5O3S2. The fourth-order valence-corrected chi connectivity index (χ4v) is 5.61. The SMILES string of the molecule is Cc1ccc(-c2nc(SCC(=O)Nc3cc(S(=O)(=O)N4CCCC4)ccc3Cl)n[nH]2)cc1. The second kappa shape index (κ2) is 9.62. The first-order valence-electron chi connectivity index (χ1n) is 10.0. The van der Waals surface area contributed by atoms with Crippen molar-refractivity contribution >= 4 is 45.0 Å². The van der Waals surface area contributed by atoms with Gasteiger partial charge in [-0.1, -0.05) is 53.2 Å². The van der Waals surface area contributed by atoms with Gasteiger partial charge in [-0.2, -0.15) is 4.31 Å². The van der Waals surface area contributed by atoms with Crippen LogP contribution in [0.15, 0.2) is 52.5 Å². The first-order valence-corrected chi connectivity index (χ1v) is 12.8. The van der Waals surface area contributed by atoms with Gasteiger partial charge in [0.25, 0.3) is 0 Å². The van der Waals surface area contributed by atoms with Gasteiger partial charge in [-0.05, 0) is 38.0 Å². The number of carbonyl (C=O) groups excluding carboxylic acids is 1. The summed E-state index contributed by atoms with van der Waals surface area (Å²) in [6.45, 7) is 3.02. The maximum Gasteiger partial charge on any atom is 0.243 e. The van der Waals surface area contributed by atoms with E-state index >= 15 is 0 Å². The van der Waals surface area contributed by atoms with Gasteiger partial charge in [-0.3, -0.25) is 9.89 Å². The highest BCUT2D eigenvalue weighted by Crippen LogP contribution is 2.29. The van der Waals surface area contributed by atoms with Crippen LogP contribution in [0.4, 0.5) is 5.69 Å². The Morgan fingerprint density at radius 2 is 1.91 bits per heavy atom. The van der Waals surface area contributed by atoms with Crippen LogP contribution in [0.2, 0.25) is 5.02 Å². The summed E-state index contributed by atoms with van der Waals surface area (Å²) in [5, 5.41) is 10.4. The van der Waals surface area contributed by atoms with E-state index in [9.17, 15) is 13.2 Å². The monoisotopic (exact) mass is 491 g/mol. The smallest absolute Gasteiger partial charge is 0.243 e. The Morgan fingerprint density at radius 1 is 1.19 bits per heavy atom. The Morgan fingerprint density at radius 3 is 2.62 bits per heavy atom. The summed E-state index contributed by atoms with van der Waals surface area (Å²) in [5.41, 5.74) is 2.31. The number of rotatable bonds is 7. The van der Waals surface area contributed by atoms with Crippen LogP contribution >= 0.6 is 23.4 Å². The molecule has 2 N–H and O–H groups in total. The number of thioether (sulfide) groups is 1. The van der Waals surface area contributed by atoms with E-state index in [4.69, 9.17) is 11.6 Å². The number of aryl methyl sites for hydroxylation is 1. The highest BCUT2D eigenvalue weighted by atomic mass is 35.5. The molecule has 2 aromatic carbocycles. The molecule has 168 valence electrons. The molecule has 0 spiro atoms. The lowest BCUT2D eigenvalue weighted by molar-refractivity contribution is -0.113. The van der Waals surface area contributed by atoms with Crippen molar-refractivity contribution in [3.63, 3.8) is 0 Å². The maximum atomic E-state index is 12.8. The Hall–Kier alpha value is -2.40. The molecule has 8 nitrogen and oxygen atoms in total. The molecule has 0 saturated carbocycles. The molecule has 1 saturated heterocycles. The van der Waals surface area contributed by atoms with Crippen LogP contribution in [-0.2, 0) is 14.8 Å². The summed E-state index contributed by atoms with van der Waals surface area (Å²) in [6.07, 6.45) is 1.70. The van der Waals surface area contributed by atoms with Crippen molar-refractivity contribution in [2.75, 3.05) is 24.2 Å². The third-order valence-corrected chi connectivity index (χ3v) is 8.11. The van der Waals surface area contributed by atoms with Crippen LogP contribution in [0.5, 0.6) is 0 Å². The average molecular weight is 492 g/mol. The number of nitrogens with zero attached hydrogens (tertiary/aromatic N) is 3. The molecule has 0 bridgehead atoms. The molecule has 1 aliphatic rings. The largest absolute Gasteiger partial charge is 0.324 e. The van der Waals surface area contributed by atoms with E-state index in [2.05, 4.69) is 20.5 Å². The van der Waals surface area contributed by atoms with Crippen molar-refractivity contribution in [1.82, 2.24) is 19.5 Å². The summed E-state index contributed by atoms with van der Waals surface area (Å²) < 4.78 is 27.0. The number of hydrogen-bond donors (Lipinski definition) is 2. The van der Waals surface area contributed by atoms with E-state index in [0.717, 1.165) is 24.0 Å². The second-order valence-corrected chi connectivity index (χ2v) is 10.7. The minimum Gasteiger partial charge on any atom is -0.324 e. The Balaban J connectivity index is 1.40. The molecule has 3 aromatic rings. The number of amides is 1. The predicted molar refractivity (Wildman–Crippen MR) is 125 cm³/mol. The number of halogens is 1. The molecule has 1 fully saturated rings. The number of H-pyrrole nitrogens is 1. The van der Waals surface area contributed by atoms with Crippen LogP contribution in [0.25, 0.3) is 11.4 Å².